The van der Waals surface area contributed by atoms with Gasteiger partial charge < -0.3 is 20.9 Å². The van der Waals surface area contributed by atoms with Crippen molar-refractivity contribution in [1.29, 1.82) is 0 Å². The zero-order valence-corrected chi connectivity index (χ0v) is 24.8. The highest BCUT2D eigenvalue weighted by Crippen LogP contribution is 2.51. The van der Waals surface area contributed by atoms with Crippen molar-refractivity contribution in [3.63, 3.8) is 0 Å². The molecule has 2 aliphatic carbocycles. The number of benzene rings is 4. The first-order chi connectivity index (χ1) is 20.5. The Morgan fingerprint density at radius 2 is 1.02 bits per heavy atom. The van der Waals surface area contributed by atoms with E-state index in [1.165, 1.54) is 56.1 Å². The maximum absolute atomic E-state index is 6.13. The van der Waals surface area contributed by atoms with Gasteiger partial charge in [0.2, 0.25) is 0 Å². The fraction of sp³-hybridized carbons (Fsp3) is 0.368. The van der Waals surface area contributed by atoms with E-state index in [9.17, 15) is 0 Å². The van der Waals surface area contributed by atoms with Gasteiger partial charge in [-0.15, -0.1) is 0 Å². The number of hydrogen-bond donors (Lipinski definition) is 2. The summed E-state index contributed by atoms with van der Waals surface area (Å²) in [5, 5.41) is 0. The van der Waals surface area contributed by atoms with Gasteiger partial charge in [0.1, 0.15) is 23.0 Å². The van der Waals surface area contributed by atoms with Crippen LogP contribution in [0.2, 0.25) is 0 Å². The van der Waals surface area contributed by atoms with Gasteiger partial charge in [0, 0.05) is 28.9 Å². The van der Waals surface area contributed by atoms with E-state index >= 15 is 0 Å². The summed E-state index contributed by atoms with van der Waals surface area (Å²) in [4.78, 5) is 0. The Kier molecular flexibility index (Phi) is 8.41. The highest BCUT2D eigenvalue weighted by atomic mass is 16.5. The molecule has 0 aromatic heterocycles. The van der Waals surface area contributed by atoms with E-state index in [1.54, 1.807) is 0 Å². The minimum atomic E-state index is -0.0253. The summed E-state index contributed by atoms with van der Waals surface area (Å²) in [5.74, 6) is 5.85. The van der Waals surface area contributed by atoms with Crippen molar-refractivity contribution >= 4 is 11.4 Å². The molecular formula is C38H44N2O2. The number of anilines is 2. The van der Waals surface area contributed by atoms with E-state index in [2.05, 4.69) is 55.5 Å². The normalized spacial score (nSPS) is 20.6. The first-order valence-electron chi connectivity index (χ1n) is 15.8. The molecule has 6 rings (SSSR count). The summed E-state index contributed by atoms with van der Waals surface area (Å²) in [7, 11) is 0. The molecule has 0 saturated heterocycles. The van der Waals surface area contributed by atoms with Crippen LogP contribution in [0.15, 0.2) is 97.1 Å². The smallest absolute Gasteiger partial charge is 0.129 e. The zero-order chi connectivity index (χ0) is 28.9. The van der Waals surface area contributed by atoms with E-state index in [1.807, 2.05) is 48.5 Å². The highest BCUT2D eigenvalue weighted by molar-refractivity contribution is 5.48. The molecule has 218 valence electrons. The van der Waals surface area contributed by atoms with Crippen LogP contribution in [0, 0.1) is 17.8 Å². The maximum atomic E-state index is 6.13. The van der Waals surface area contributed by atoms with Gasteiger partial charge in [-0.1, -0.05) is 62.6 Å². The summed E-state index contributed by atoms with van der Waals surface area (Å²) >= 11 is 0. The lowest BCUT2D eigenvalue weighted by Gasteiger charge is -2.44. The van der Waals surface area contributed by atoms with Crippen molar-refractivity contribution < 1.29 is 9.47 Å². The van der Waals surface area contributed by atoms with Crippen molar-refractivity contribution in [2.24, 2.45) is 17.8 Å². The van der Waals surface area contributed by atoms with Gasteiger partial charge in [0.25, 0.3) is 0 Å². The summed E-state index contributed by atoms with van der Waals surface area (Å²) in [6, 6.07) is 32.7. The fourth-order valence-electron chi connectivity index (χ4n) is 7.53. The first-order valence-corrected chi connectivity index (χ1v) is 15.8. The Labute approximate surface area is 251 Å². The van der Waals surface area contributed by atoms with Crippen molar-refractivity contribution in [2.45, 2.75) is 70.1 Å². The van der Waals surface area contributed by atoms with Crippen LogP contribution < -0.4 is 20.9 Å². The zero-order valence-electron chi connectivity index (χ0n) is 24.8. The topological polar surface area (TPSA) is 70.5 Å². The second-order valence-electron chi connectivity index (χ2n) is 12.5. The van der Waals surface area contributed by atoms with Crippen LogP contribution in [0.1, 0.15) is 75.8 Å². The van der Waals surface area contributed by atoms with Crippen molar-refractivity contribution in [3.05, 3.63) is 108 Å². The van der Waals surface area contributed by atoms with Gasteiger partial charge in [-0.05, 0) is 116 Å². The largest absolute Gasteiger partial charge is 0.457 e. The molecule has 0 bridgehead atoms. The Morgan fingerprint density at radius 1 is 0.571 bits per heavy atom. The Hall–Kier alpha value is -3.92. The molecule has 4 aromatic rings. The molecule has 2 saturated carbocycles. The molecule has 0 unspecified atom stereocenters. The molecule has 0 spiro atoms. The molecule has 4 N–H and O–H groups in total. The second kappa shape index (κ2) is 12.5. The standard InChI is InChI=1S/C38H44N2O2/c1-2-27-9-11-28(12-10-27)29-21-23-38(24-22-29,30-13-17-34(18-14-30)41-36-7-3-5-32(39)25-36)31-15-19-35(20-16-31)42-37-8-4-6-33(40)26-37/h3-8,13-20,25-29H,2,9-12,21-24,39-40H2,1H3/t27-,28-. The number of nitrogen functional groups attached to an aromatic ring is 2. The van der Waals surface area contributed by atoms with Crippen LogP contribution in [-0.4, -0.2) is 0 Å². The molecule has 2 aliphatic rings. The van der Waals surface area contributed by atoms with E-state index in [0.717, 1.165) is 53.6 Å². The van der Waals surface area contributed by atoms with Crippen LogP contribution in [0.4, 0.5) is 11.4 Å². The van der Waals surface area contributed by atoms with Gasteiger partial charge in [0.15, 0.2) is 0 Å². The second-order valence-corrected chi connectivity index (χ2v) is 12.5. The molecule has 0 aliphatic heterocycles. The monoisotopic (exact) mass is 560 g/mol. The molecule has 4 nitrogen and oxygen atoms in total. The third kappa shape index (κ3) is 6.28. The lowest BCUT2D eigenvalue weighted by atomic mass is 9.60. The fourth-order valence-corrected chi connectivity index (χ4v) is 7.53. The predicted octanol–water partition coefficient (Wildman–Crippen LogP) is 10.1. The minimum absolute atomic E-state index is 0.0253. The maximum Gasteiger partial charge on any atom is 0.129 e. The Bertz CT molecular complexity index is 1350. The molecule has 0 atom stereocenters. The summed E-state index contributed by atoms with van der Waals surface area (Å²) in [6.07, 6.45) is 11.9. The predicted molar refractivity (Wildman–Crippen MR) is 173 cm³/mol. The van der Waals surface area contributed by atoms with Gasteiger partial charge >= 0.3 is 0 Å². The molecule has 0 heterocycles. The van der Waals surface area contributed by atoms with Crippen molar-refractivity contribution in [2.75, 3.05) is 11.5 Å². The van der Waals surface area contributed by atoms with E-state index < -0.39 is 0 Å². The Balaban J connectivity index is 1.24. The molecule has 2 fully saturated rings. The van der Waals surface area contributed by atoms with E-state index in [4.69, 9.17) is 20.9 Å². The Morgan fingerprint density at radius 3 is 1.45 bits per heavy atom. The molecule has 0 amide bonds. The molecular weight excluding hydrogens is 516 g/mol. The summed E-state index contributed by atoms with van der Waals surface area (Å²) in [5.41, 5.74) is 16.0. The van der Waals surface area contributed by atoms with Gasteiger partial charge in [-0.3, -0.25) is 0 Å². The number of ether oxygens (including phenoxy) is 2. The summed E-state index contributed by atoms with van der Waals surface area (Å²) < 4.78 is 12.3. The minimum Gasteiger partial charge on any atom is -0.457 e. The number of nitrogens with two attached hydrogens (primary N) is 2. The van der Waals surface area contributed by atoms with Gasteiger partial charge in [-0.2, -0.15) is 0 Å². The van der Waals surface area contributed by atoms with Gasteiger partial charge in [0.05, 0.1) is 0 Å². The lowest BCUT2D eigenvalue weighted by molar-refractivity contribution is 0.142. The lowest BCUT2D eigenvalue weighted by Crippen LogP contribution is -2.35. The molecule has 4 heteroatoms. The summed E-state index contributed by atoms with van der Waals surface area (Å²) in [6.45, 7) is 2.36. The molecule has 42 heavy (non-hydrogen) atoms. The average Bonchev–Trinajstić information content (AvgIpc) is 3.02. The molecule has 0 radical (unpaired) electrons. The highest BCUT2D eigenvalue weighted by Gasteiger charge is 2.40. The molecule has 4 aromatic carbocycles. The van der Waals surface area contributed by atoms with Crippen LogP contribution >= 0.6 is 0 Å². The van der Waals surface area contributed by atoms with E-state index in [0.29, 0.717) is 11.4 Å². The van der Waals surface area contributed by atoms with Crippen LogP contribution in [0.5, 0.6) is 23.0 Å². The van der Waals surface area contributed by atoms with Gasteiger partial charge in [-0.25, -0.2) is 0 Å². The first kappa shape index (κ1) is 28.2. The van der Waals surface area contributed by atoms with Crippen LogP contribution in [0.3, 0.4) is 0 Å². The number of hydrogen-bond acceptors (Lipinski definition) is 4. The SMILES string of the molecule is CC[C@H]1CC[C@H](C2CCC(c3ccc(Oc4cccc(N)c4)cc3)(c3ccc(Oc4cccc(N)c4)cc3)CC2)CC1. The quantitative estimate of drug-likeness (QED) is 0.210. The van der Waals surface area contributed by atoms with E-state index in [-0.39, 0.29) is 5.41 Å². The number of rotatable bonds is 8. The van der Waals surface area contributed by atoms with Crippen LogP contribution in [0.25, 0.3) is 0 Å². The van der Waals surface area contributed by atoms with Crippen molar-refractivity contribution in [1.82, 2.24) is 0 Å². The van der Waals surface area contributed by atoms with Crippen molar-refractivity contribution in [3.8, 4) is 23.0 Å². The average molecular weight is 561 g/mol. The third-order valence-electron chi connectivity index (χ3n) is 10.0. The third-order valence-corrected chi connectivity index (χ3v) is 10.0. The van der Waals surface area contributed by atoms with Crippen LogP contribution in [-0.2, 0) is 5.41 Å².